The summed E-state index contributed by atoms with van der Waals surface area (Å²) >= 11 is 3.96. The quantitative estimate of drug-likeness (QED) is 0.0737. The molecular weight excluding hydrogens is 707 g/mol. The molecule has 0 spiro atoms. The number of benzene rings is 1. The molecule has 4 aromatic rings. The average molecular weight is 760 g/mol. The zero-order valence-corrected chi connectivity index (χ0v) is 33.4. The van der Waals surface area contributed by atoms with Crippen LogP contribution in [0.5, 0.6) is 0 Å². The predicted octanol–water partition coefficient (Wildman–Crippen LogP) is 8.32. The summed E-state index contributed by atoms with van der Waals surface area (Å²) in [6, 6.07) is 9.04. The van der Waals surface area contributed by atoms with Crippen molar-refractivity contribution in [3.05, 3.63) is 52.6 Å². The molecule has 3 aromatic heterocycles. The van der Waals surface area contributed by atoms with Gasteiger partial charge in [0.2, 0.25) is 0 Å². The van der Waals surface area contributed by atoms with E-state index < -0.39 is 16.1 Å². The summed E-state index contributed by atoms with van der Waals surface area (Å²) in [4.78, 5) is 11.9. The fourth-order valence-corrected chi connectivity index (χ4v) is 8.09. The van der Waals surface area contributed by atoms with E-state index in [9.17, 15) is 4.39 Å². The Bertz CT molecular complexity index is 1660. The largest absolute Gasteiger partial charge is 0.375 e. The number of halogens is 2. The Morgan fingerprint density at radius 2 is 1.62 bits per heavy atom. The second-order valence-electron chi connectivity index (χ2n) is 15.6. The van der Waals surface area contributed by atoms with Crippen molar-refractivity contribution in [3.63, 3.8) is 0 Å². The Morgan fingerprint density at radius 1 is 0.979 bits per heavy atom. The summed E-state index contributed by atoms with van der Waals surface area (Å²) in [5.74, 6) is 0.521. The average Bonchev–Trinajstić information content (AvgIpc) is 3.41. The van der Waals surface area contributed by atoms with Crippen LogP contribution in [0.15, 0.2) is 41.1 Å². The van der Waals surface area contributed by atoms with E-state index >= 15 is 0 Å². The number of fused-ring (bicyclic) bond motifs is 2. The molecule has 1 aliphatic rings. The third-order valence-corrected chi connectivity index (χ3v) is 12.9. The van der Waals surface area contributed by atoms with Crippen molar-refractivity contribution in [2.75, 3.05) is 31.6 Å². The third kappa shape index (κ3) is 9.92. The van der Waals surface area contributed by atoms with E-state index in [4.69, 9.17) is 24.3 Å². The zero-order valence-electron chi connectivity index (χ0n) is 29.8. The van der Waals surface area contributed by atoms with Gasteiger partial charge in [-0.2, -0.15) is 9.61 Å². The van der Waals surface area contributed by atoms with Crippen molar-refractivity contribution >= 4 is 54.4 Å². The number of aromatic nitrogens is 4. The smallest absolute Gasteiger partial charge is 0.165 e. The first-order valence-corrected chi connectivity index (χ1v) is 25.3. The summed E-state index contributed by atoms with van der Waals surface area (Å²) in [5, 5.41) is 9.35. The van der Waals surface area contributed by atoms with Crippen LogP contribution in [-0.4, -0.2) is 80.7 Å². The summed E-state index contributed by atoms with van der Waals surface area (Å²) in [6.45, 7) is 21.0. The van der Waals surface area contributed by atoms with E-state index in [1.54, 1.807) is 12.3 Å². The number of nitrogens with zero attached hydrogens (tertiary/aromatic N) is 5. The van der Waals surface area contributed by atoms with Crippen molar-refractivity contribution in [1.29, 1.82) is 0 Å². The minimum Gasteiger partial charge on any atom is -0.375 e. The minimum atomic E-state index is -1.27. The van der Waals surface area contributed by atoms with E-state index in [1.807, 2.05) is 16.8 Å². The number of ether oxygens (including phenoxy) is 3. The molecule has 9 nitrogen and oxygen atoms in total. The zero-order chi connectivity index (χ0) is 34.6. The number of hydrogen-bond donors (Lipinski definition) is 1. The first-order valence-electron chi connectivity index (χ1n) is 17.1. The van der Waals surface area contributed by atoms with E-state index in [0.717, 1.165) is 62.9 Å². The van der Waals surface area contributed by atoms with Crippen LogP contribution >= 0.6 is 15.9 Å². The van der Waals surface area contributed by atoms with Gasteiger partial charge >= 0.3 is 0 Å². The lowest BCUT2D eigenvalue weighted by molar-refractivity contribution is -0.0423. The van der Waals surface area contributed by atoms with Gasteiger partial charge in [-0.1, -0.05) is 39.3 Å². The van der Waals surface area contributed by atoms with Gasteiger partial charge in [0.05, 0.1) is 34.1 Å². The SMILES string of the molecule is C[C@@H]1CC(NCc2nc3c(-c4cnc5ccc(F)cc5c4)cnn3c(N(COCC[Si](C)(C)C)COCC[Si](C)(C)C)c2Br)C[C@H](C)O1. The van der Waals surface area contributed by atoms with Gasteiger partial charge in [-0.25, -0.2) is 9.37 Å². The number of anilines is 1. The Morgan fingerprint density at radius 3 is 2.25 bits per heavy atom. The summed E-state index contributed by atoms with van der Waals surface area (Å²) < 4.78 is 35.5. The van der Waals surface area contributed by atoms with Crippen molar-refractivity contribution in [1.82, 2.24) is 24.9 Å². The third-order valence-electron chi connectivity index (χ3n) is 8.63. The second kappa shape index (κ2) is 15.7. The molecule has 0 aliphatic carbocycles. The molecule has 13 heteroatoms. The molecule has 1 unspecified atom stereocenters. The standard InChI is InChI=1S/C35H52BrFN6O3Si2/c1-24-15-29(16-25(2)46-24)38-21-32-33(36)35(42(22-44-11-13-47(3,4)5)23-45-12-14-48(6,7)8)43-34(41-32)30(20-40-43)27-17-26-18-28(37)9-10-31(26)39-19-27/h9-10,17-20,24-25,29,38H,11-16,21-23H2,1-8H3/t24-,25+,29?. The highest BCUT2D eigenvalue weighted by atomic mass is 79.9. The Hall–Kier alpha value is -2.27. The van der Waals surface area contributed by atoms with Crippen LogP contribution in [0, 0.1) is 5.82 Å². The van der Waals surface area contributed by atoms with E-state index in [0.29, 0.717) is 44.9 Å². The monoisotopic (exact) mass is 758 g/mol. The molecule has 1 N–H and O–H groups in total. The second-order valence-corrected chi connectivity index (χ2v) is 27.6. The fraction of sp³-hybridized carbons (Fsp3) is 0.571. The van der Waals surface area contributed by atoms with Crippen LogP contribution < -0.4 is 10.2 Å². The first-order chi connectivity index (χ1) is 22.7. The van der Waals surface area contributed by atoms with Crippen molar-refractivity contribution in [3.8, 4) is 11.1 Å². The van der Waals surface area contributed by atoms with Crippen molar-refractivity contribution < 1.29 is 18.6 Å². The summed E-state index contributed by atoms with van der Waals surface area (Å²) in [5.41, 5.74) is 3.91. The Balaban J connectivity index is 1.55. The van der Waals surface area contributed by atoms with Crippen LogP contribution in [0.2, 0.25) is 51.4 Å². The lowest BCUT2D eigenvalue weighted by Gasteiger charge is -2.33. The van der Waals surface area contributed by atoms with Crippen LogP contribution in [0.25, 0.3) is 27.7 Å². The van der Waals surface area contributed by atoms with Gasteiger partial charge in [0.1, 0.15) is 19.3 Å². The Kier molecular flexibility index (Phi) is 12.1. The number of hydrogen-bond acceptors (Lipinski definition) is 8. The number of pyridine rings is 1. The van der Waals surface area contributed by atoms with Crippen molar-refractivity contribution in [2.24, 2.45) is 0 Å². The van der Waals surface area contributed by atoms with Gasteiger partial charge in [0, 0.05) is 64.7 Å². The topological polar surface area (TPSA) is 86.0 Å². The van der Waals surface area contributed by atoms with Gasteiger partial charge in [-0.3, -0.25) is 4.98 Å². The summed E-state index contributed by atoms with van der Waals surface area (Å²) in [7, 11) is -2.55. The highest BCUT2D eigenvalue weighted by Gasteiger charge is 2.27. The van der Waals surface area contributed by atoms with Crippen LogP contribution in [-0.2, 0) is 20.8 Å². The highest BCUT2D eigenvalue weighted by Crippen LogP contribution is 2.35. The molecule has 262 valence electrons. The molecule has 1 fully saturated rings. The maximum absolute atomic E-state index is 14.2. The molecule has 0 saturated carbocycles. The van der Waals surface area contributed by atoms with Gasteiger partial charge in [-0.15, -0.1) is 0 Å². The molecule has 1 saturated heterocycles. The molecule has 0 amide bonds. The lowest BCUT2D eigenvalue weighted by atomic mass is 10.00. The molecule has 0 radical (unpaired) electrons. The van der Waals surface area contributed by atoms with Gasteiger partial charge in [-0.05, 0) is 79.0 Å². The normalized spacial score (nSPS) is 19.0. The van der Waals surface area contributed by atoms with E-state index in [2.05, 4.69) is 84.3 Å². The molecule has 4 heterocycles. The van der Waals surface area contributed by atoms with Gasteiger partial charge < -0.3 is 24.4 Å². The van der Waals surface area contributed by atoms with E-state index in [1.165, 1.54) is 12.1 Å². The molecule has 5 rings (SSSR count). The predicted molar refractivity (Wildman–Crippen MR) is 202 cm³/mol. The fourth-order valence-electron chi connectivity index (χ4n) is 5.93. The molecule has 0 bridgehead atoms. The maximum Gasteiger partial charge on any atom is 0.165 e. The first kappa shape index (κ1) is 37.0. The minimum absolute atomic E-state index is 0.199. The molecule has 3 atom stereocenters. The maximum atomic E-state index is 14.2. The Labute approximate surface area is 295 Å². The number of nitrogens with one attached hydrogen (secondary N) is 1. The molecule has 1 aromatic carbocycles. The van der Waals surface area contributed by atoms with Crippen LogP contribution in [0.1, 0.15) is 32.4 Å². The number of rotatable bonds is 15. The lowest BCUT2D eigenvalue weighted by Crippen LogP contribution is -2.41. The highest BCUT2D eigenvalue weighted by molar-refractivity contribution is 9.10. The van der Waals surface area contributed by atoms with E-state index in [-0.39, 0.29) is 18.0 Å². The van der Waals surface area contributed by atoms with Gasteiger partial charge in [0.15, 0.2) is 11.5 Å². The summed E-state index contributed by atoms with van der Waals surface area (Å²) in [6.07, 6.45) is 5.90. The van der Waals surface area contributed by atoms with Gasteiger partial charge in [0.25, 0.3) is 0 Å². The van der Waals surface area contributed by atoms with Crippen molar-refractivity contribution in [2.45, 2.75) is 103 Å². The van der Waals surface area contributed by atoms with Crippen LogP contribution in [0.3, 0.4) is 0 Å². The molecule has 48 heavy (non-hydrogen) atoms. The van der Waals surface area contributed by atoms with Crippen LogP contribution in [0.4, 0.5) is 10.2 Å². The molecular formula is C35H52BrFN6O3Si2. The molecule has 1 aliphatic heterocycles.